The van der Waals surface area contributed by atoms with Crippen LogP contribution in [0.25, 0.3) is 0 Å². The van der Waals surface area contributed by atoms with Gasteiger partial charge in [-0.25, -0.2) is 0 Å². The first-order valence-electron chi connectivity index (χ1n) is 6.22. The van der Waals surface area contributed by atoms with Crippen molar-refractivity contribution in [1.29, 1.82) is 0 Å². The molecule has 3 nitrogen and oxygen atoms in total. The van der Waals surface area contributed by atoms with E-state index in [0.717, 1.165) is 5.56 Å². The summed E-state index contributed by atoms with van der Waals surface area (Å²) in [4.78, 5) is 11.2. The number of hydrogen-bond donors (Lipinski definition) is 0. The maximum atomic E-state index is 11.2. The van der Waals surface area contributed by atoms with Crippen molar-refractivity contribution in [2.24, 2.45) is 0 Å². The lowest BCUT2D eigenvalue weighted by Gasteiger charge is -2.09. The molecule has 0 spiro atoms. The van der Waals surface area contributed by atoms with Crippen molar-refractivity contribution in [1.82, 2.24) is 0 Å². The minimum absolute atomic E-state index is 0.0289. The van der Waals surface area contributed by atoms with Gasteiger partial charge in [0, 0.05) is 5.56 Å². The summed E-state index contributed by atoms with van der Waals surface area (Å²) < 4.78 is 10.8. The van der Waals surface area contributed by atoms with Gasteiger partial charge in [0.25, 0.3) is 0 Å². The van der Waals surface area contributed by atoms with E-state index >= 15 is 0 Å². The number of Topliss-reactive ketones (excluding diaryl/α,β-unsaturated/α-hetero) is 1. The van der Waals surface area contributed by atoms with Gasteiger partial charge in [-0.3, -0.25) is 4.79 Å². The van der Waals surface area contributed by atoms with Crippen LogP contribution in [0.1, 0.15) is 22.8 Å². The Morgan fingerprint density at radius 2 is 1.90 bits per heavy atom. The van der Waals surface area contributed by atoms with Crippen LogP contribution in [0, 0.1) is 0 Å². The Morgan fingerprint density at radius 1 is 1.15 bits per heavy atom. The van der Waals surface area contributed by atoms with Crippen LogP contribution in [0.4, 0.5) is 0 Å². The Hall–Kier alpha value is -1.84. The van der Waals surface area contributed by atoms with E-state index in [1.807, 2.05) is 30.3 Å². The molecule has 0 aliphatic rings. The van der Waals surface area contributed by atoms with E-state index in [4.69, 9.17) is 21.1 Å². The summed E-state index contributed by atoms with van der Waals surface area (Å²) in [7, 11) is 0. The summed E-state index contributed by atoms with van der Waals surface area (Å²) in [6.07, 6.45) is 0. The Morgan fingerprint density at radius 3 is 2.55 bits per heavy atom. The molecule has 2 rings (SSSR count). The first kappa shape index (κ1) is 14.6. The maximum absolute atomic E-state index is 11.2. The molecule has 0 unspecified atom stereocenters. The summed E-state index contributed by atoms with van der Waals surface area (Å²) in [5.74, 6) is 0.475. The number of carbonyl (C=O) groups is 1. The standard InChI is InChI=1S/C16H15ClO3/c1-12(18)14-7-8-16(15(17)9-14)20-11-19-10-13-5-3-2-4-6-13/h2-9H,10-11H2,1H3. The van der Waals surface area contributed by atoms with Crippen molar-refractivity contribution >= 4 is 17.4 Å². The Kier molecular flexibility index (Phi) is 5.16. The van der Waals surface area contributed by atoms with Crippen LogP contribution in [0.2, 0.25) is 5.02 Å². The predicted molar refractivity (Wildman–Crippen MR) is 78.2 cm³/mol. The second kappa shape index (κ2) is 7.08. The lowest BCUT2D eigenvalue weighted by Crippen LogP contribution is -2.03. The van der Waals surface area contributed by atoms with Crippen LogP contribution < -0.4 is 4.74 Å². The second-order valence-electron chi connectivity index (χ2n) is 4.30. The highest BCUT2D eigenvalue weighted by atomic mass is 35.5. The smallest absolute Gasteiger partial charge is 0.189 e. The number of hydrogen-bond acceptors (Lipinski definition) is 3. The van der Waals surface area contributed by atoms with Gasteiger partial charge in [0.05, 0.1) is 11.6 Å². The third-order valence-electron chi connectivity index (χ3n) is 2.75. The molecule has 0 fully saturated rings. The first-order chi connectivity index (χ1) is 9.66. The number of ketones is 1. The monoisotopic (exact) mass is 290 g/mol. The van der Waals surface area contributed by atoms with E-state index in [1.54, 1.807) is 18.2 Å². The Balaban J connectivity index is 1.84. The molecule has 0 aliphatic carbocycles. The average Bonchev–Trinajstić information content (AvgIpc) is 2.46. The van der Waals surface area contributed by atoms with Gasteiger partial charge in [-0.2, -0.15) is 0 Å². The van der Waals surface area contributed by atoms with E-state index in [-0.39, 0.29) is 12.6 Å². The van der Waals surface area contributed by atoms with Gasteiger partial charge in [-0.1, -0.05) is 41.9 Å². The SMILES string of the molecule is CC(=O)c1ccc(OCOCc2ccccc2)c(Cl)c1. The molecule has 0 saturated heterocycles. The molecule has 0 radical (unpaired) electrons. The van der Waals surface area contributed by atoms with Crippen LogP contribution in [0.3, 0.4) is 0 Å². The summed E-state index contributed by atoms with van der Waals surface area (Å²) in [5, 5.41) is 0.404. The molecule has 0 bridgehead atoms. The fraction of sp³-hybridized carbons (Fsp3) is 0.188. The highest BCUT2D eigenvalue weighted by molar-refractivity contribution is 6.32. The van der Waals surface area contributed by atoms with Crippen molar-refractivity contribution in [2.75, 3.05) is 6.79 Å². The van der Waals surface area contributed by atoms with Gasteiger partial charge in [0.2, 0.25) is 0 Å². The zero-order chi connectivity index (χ0) is 14.4. The molecule has 0 aliphatic heterocycles. The minimum atomic E-state index is -0.0289. The molecule has 104 valence electrons. The molecule has 0 amide bonds. The molecule has 0 heterocycles. The number of benzene rings is 2. The highest BCUT2D eigenvalue weighted by Crippen LogP contribution is 2.25. The lowest BCUT2D eigenvalue weighted by atomic mass is 10.1. The first-order valence-corrected chi connectivity index (χ1v) is 6.59. The predicted octanol–water partition coefficient (Wildman–Crippen LogP) is 4.10. The van der Waals surface area contributed by atoms with E-state index in [9.17, 15) is 4.79 Å². The van der Waals surface area contributed by atoms with Gasteiger partial charge < -0.3 is 9.47 Å². The van der Waals surface area contributed by atoms with Crippen LogP contribution in [-0.4, -0.2) is 12.6 Å². The topological polar surface area (TPSA) is 35.5 Å². The quantitative estimate of drug-likeness (QED) is 0.456. The molecule has 20 heavy (non-hydrogen) atoms. The number of halogens is 1. The van der Waals surface area contributed by atoms with Gasteiger partial charge in [0.1, 0.15) is 5.75 Å². The third-order valence-corrected chi connectivity index (χ3v) is 3.04. The fourth-order valence-corrected chi connectivity index (χ4v) is 1.91. The van der Waals surface area contributed by atoms with Crippen molar-refractivity contribution in [2.45, 2.75) is 13.5 Å². The van der Waals surface area contributed by atoms with E-state index in [0.29, 0.717) is 22.9 Å². The Bertz CT molecular complexity index is 582. The van der Waals surface area contributed by atoms with Crippen molar-refractivity contribution in [3.05, 3.63) is 64.7 Å². The summed E-state index contributed by atoms with van der Waals surface area (Å²) >= 11 is 6.04. The van der Waals surface area contributed by atoms with Crippen LogP contribution in [0.15, 0.2) is 48.5 Å². The molecule has 2 aromatic carbocycles. The largest absolute Gasteiger partial charge is 0.466 e. The number of carbonyl (C=O) groups excluding carboxylic acids is 1. The zero-order valence-corrected chi connectivity index (χ0v) is 11.9. The molecule has 0 N–H and O–H groups in total. The zero-order valence-electron chi connectivity index (χ0n) is 11.1. The third kappa shape index (κ3) is 4.08. The molecule has 2 aromatic rings. The summed E-state index contributed by atoms with van der Waals surface area (Å²) in [5.41, 5.74) is 1.64. The molecular weight excluding hydrogens is 276 g/mol. The van der Waals surface area contributed by atoms with Crippen molar-refractivity contribution in [3.63, 3.8) is 0 Å². The number of ether oxygens (including phenoxy) is 2. The van der Waals surface area contributed by atoms with Crippen molar-refractivity contribution in [3.8, 4) is 5.75 Å². The Labute approximate surface area is 123 Å². The summed E-state index contributed by atoms with van der Waals surface area (Å²) in [6.45, 7) is 2.08. The molecule has 4 heteroatoms. The fourth-order valence-electron chi connectivity index (χ4n) is 1.68. The second-order valence-corrected chi connectivity index (χ2v) is 4.70. The van der Waals surface area contributed by atoms with E-state index < -0.39 is 0 Å². The van der Waals surface area contributed by atoms with E-state index in [2.05, 4.69) is 0 Å². The average molecular weight is 291 g/mol. The lowest BCUT2D eigenvalue weighted by molar-refractivity contribution is 0.00510. The molecule has 0 saturated carbocycles. The summed E-state index contributed by atoms with van der Waals surface area (Å²) in [6, 6.07) is 14.8. The molecule has 0 aromatic heterocycles. The molecular formula is C16H15ClO3. The van der Waals surface area contributed by atoms with Crippen LogP contribution >= 0.6 is 11.6 Å². The van der Waals surface area contributed by atoms with Gasteiger partial charge in [0.15, 0.2) is 12.6 Å². The molecule has 0 atom stereocenters. The van der Waals surface area contributed by atoms with Gasteiger partial charge in [-0.05, 0) is 30.7 Å². The normalized spacial score (nSPS) is 10.3. The van der Waals surface area contributed by atoms with Gasteiger partial charge >= 0.3 is 0 Å². The minimum Gasteiger partial charge on any atom is -0.466 e. The van der Waals surface area contributed by atoms with Gasteiger partial charge in [-0.15, -0.1) is 0 Å². The van der Waals surface area contributed by atoms with Crippen LogP contribution in [0.5, 0.6) is 5.75 Å². The highest BCUT2D eigenvalue weighted by Gasteiger charge is 2.06. The van der Waals surface area contributed by atoms with Crippen LogP contribution in [-0.2, 0) is 11.3 Å². The maximum Gasteiger partial charge on any atom is 0.189 e. The van der Waals surface area contributed by atoms with Crippen molar-refractivity contribution < 1.29 is 14.3 Å². The number of rotatable bonds is 6. The van der Waals surface area contributed by atoms with E-state index in [1.165, 1.54) is 6.92 Å².